The van der Waals surface area contributed by atoms with Gasteiger partial charge < -0.3 is 5.32 Å². The van der Waals surface area contributed by atoms with Crippen LogP contribution in [0.3, 0.4) is 0 Å². The molecule has 1 aliphatic rings. The summed E-state index contributed by atoms with van der Waals surface area (Å²) in [6, 6.07) is 3.24. The largest absolute Gasteiger partial charge is 0.316 e. The summed E-state index contributed by atoms with van der Waals surface area (Å²) in [7, 11) is 1.92. The smallest absolute Gasteiger partial charge is 0.143 e. The van der Waals surface area contributed by atoms with E-state index in [2.05, 4.69) is 10.2 Å². The Bertz CT molecular complexity index is 412. The van der Waals surface area contributed by atoms with Gasteiger partial charge in [0.05, 0.1) is 0 Å². The molecule has 0 spiro atoms. The second kappa shape index (κ2) is 5.58. The second-order valence-corrected chi connectivity index (χ2v) is 5.49. The van der Waals surface area contributed by atoms with Crippen LogP contribution >= 0.6 is 22.6 Å². The van der Waals surface area contributed by atoms with Gasteiger partial charge in [-0.05, 0) is 48.2 Å². The minimum Gasteiger partial charge on any atom is -0.316 e. The normalized spacial score (nSPS) is 21.1. The summed E-state index contributed by atoms with van der Waals surface area (Å²) in [5.74, 6) is -0.866. The van der Waals surface area contributed by atoms with Crippen LogP contribution in [0, 0.1) is 15.2 Å². The van der Waals surface area contributed by atoms with Gasteiger partial charge in [0.25, 0.3) is 0 Å². The van der Waals surface area contributed by atoms with Crippen LogP contribution in [0.5, 0.6) is 0 Å². The monoisotopic (exact) mass is 352 g/mol. The number of halogens is 3. The molecule has 5 heteroatoms. The van der Waals surface area contributed by atoms with Gasteiger partial charge in [-0.2, -0.15) is 0 Å². The minimum absolute atomic E-state index is 0.189. The molecule has 1 fully saturated rings. The Morgan fingerprint density at radius 1 is 1.47 bits per heavy atom. The molecule has 0 bridgehead atoms. The standard InChI is InChI=1S/C12H15F2IN2/c1-16-8-4-5-17(6-8)7-9-10(13)2-3-11(15)12(9)14/h2-3,8,16H,4-7H2,1H3. The van der Waals surface area contributed by atoms with Crippen molar-refractivity contribution >= 4 is 22.6 Å². The van der Waals surface area contributed by atoms with E-state index in [1.165, 1.54) is 12.1 Å². The number of nitrogens with one attached hydrogen (secondary N) is 1. The van der Waals surface area contributed by atoms with Crippen molar-refractivity contribution in [3.63, 3.8) is 0 Å². The molecule has 0 radical (unpaired) electrons. The van der Waals surface area contributed by atoms with Gasteiger partial charge in [-0.25, -0.2) is 8.78 Å². The summed E-state index contributed by atoms with van der Waals surface area (Å²) in [6.07, 6.45) is 1.03. The molecule has 1 aromatic rings. The van der Waals surface area contributed by atoms with Crippen LogP contribution in [0.25, 0.3) is 0 Å². The maximum absolute atomic E-state index is 13.8. The molecule has 0 saturated carbocycles. The lowest BCUT2D eigenvalue weighted by atomic mass is 10.2. The van der Waals surface area contributed by atoms with E-state index in [0.29, 0.717) is 16.2 Å². The van der Waals surface area contributed by atoms with Gasteiger partial charge in [-0.1, -0.05) is 0 Å². The van der Waals surface area contributed by atoms with Crippen molar-refractivity contribution in [1.29, 1.82) is 0 Å². The third-order valence-corrected chi connectivity index (χ3v) is 4.03. The first-order chi connectivity index (χ1) is 8.11. The van der Waals surface area contributed by atoms with Crippen LogP contribution in [0.4, 0.5) is 8.78 Å². The highest BCUT2D eigenvalue weighted by Gasteiger charge is 2.23. The fraction of sp³-hybridized carbons (Fsp3) is 0.500. The molecule has 0 aliphatic carbocycles. The molecule has 1 aromatic carbocycles. The van der Waals surface area contributed by atoms with Crippen molar-refractivity contribution in [3.8, 4) is 0 Å². The van der Waals surface area contributed by atoms with E-state index in [9.17, 15) is 8.78 Å². The highest BCUT2D eigenvalue weighted by Crippen LogP contribution is 2.22. The molecule has 0 amide bonds. The highest BCUT2D eigenvalue weighted by atomic mass is 127. The Balaban J connectivity index is 2.11. The van der Waals surface area contributed by atoms with Gasteiger partial charge in [0.2, 0.25) is 0 Å². The summed E-state index contributed by atoms with van der Waals surface area (Å²) in [6.45, 7) is 2.09. The first-order valence-corrected chi connectivity index (χ1v) is 6.71. The number of benzene rings is 1. The molecular formula is C12H15F2IN2. The quantitative estimate of drug-likeness (QED) is 0.664. The molecule has 1 unspecified atom stereocenters. The van der Waals surface area contributed by atoms with E-state index in [-0.39, 0.29) is 5.56 Å². The van der Waals surface area contributed by atoms with Crippen LogP contribution in [0.2, 0.25) is 0 Å². The number of hydrogen-bond acceptors (Lipinski definition) is 2. The molecule has 1 saturated heterocycles. The van der Waals surface area contributed by atoms with Gasteiger partial charge >= 0.3 is 0 Å². The molecule has 2 nitrogen and oxygen atoms in total. The number of likely N-dealkylation sites (N-methyl/N-ethyl adjacent to an activating group) is 1. The molecule has 1 atom stereocenters. The van der Waals surface area contributed by atoms with E-state index in [1.807, 2.05) is 29.6 Å². The maximum Gasteiger partial charge on any atom is 0.143 e. The van der Waals surface area contributed by atoms with E-state index >= 15 is 0 Å². The Hall–Kier alpha value is -0.270. The lowest BCUT2D eigenvalue weighted by molar-refractivity contribution is 0.310. The number of likely N-dealkylation sites (tertiary alicyclic amines) is 1. The van der Waals surface area contributed by atoms with Crippen LogP contribution < -0.4 is 5.32 Å². The maximum atomic E-state index is 13.8. The van der Waals surface area contributed by atoms with Gasteiger partial charge in [0.1, 0.15) is 11.6 Å². The summed E-state index contributed by atoms with van der Waals surface area (Å²) in [5, 5.41) is 3.19. The molecule has 17 heavy (non-hydrogen) atoms. The van der Waals surface area contributed by atoms with Crippen molar-refractivity contribution < 1.29 is 8.78 Å². The van der Waals surface area contributed by atoms with Crippen molar-refractivity contribution in [2.45, 2.75) is 19.0 Å². The zero-order valence-electron chi connectivity index (χ0n) is 9.64. The van der Waals surface area contributed by atoms with Gasteiger partial charge in [-0.15, -0.1) is 0 Å². The predicted octanol–water partition coefficient (Wildman–Crippen LogP) is 2.36. The fourth-order valence-corrected chi connectivity index (χ4v) is 2.65. The first kappa shape index (κ1) is 13.2. The average Bonchev–Trinajstić information content (AvgIpc) is 2.77. The number of rotatable bonds is 3. The minimum atomic E-state index is -0.448. The molecule has 0 aromatic heterocycles. The van der Waals surface area contributed by atoms with Crippen LogP contribution in [0.15, 0.2) is 12.1 Å². The average molecular weight is 352 g/mol. The Labute approximate surface area is 114 Å². The SMILES string of the molecule is CNC1CCN(Cc2c(F)ccc(I)c2F)C1. The van der Waals surface area contributed by atoms with Gasteiger partial charge in [-0.3, -0.25) is 4.90 Å². The van der Waals surface area contributed by atoms with Crippen LogP contribution in [-0.4, -0.2) is 31.1 Å². The van der Waals surface area contributed by atoms with E-state index < -0.39 is 11.6 Å². The topological polar surface area (TPSA) is 15.3 Å². The van der Waals surface area contributed by atoms with Crippen LogP contribution in [-0.2, 0) is 6.54 Å². The molecule has 1 heterocycles. The summed E-state index contributed by atoms with van der Waals surface area (Å²) >= 11 is 1.89. The summed E-state index contributed by atoms with van der Waals surface area (Å²) in [4.78, 5) is 2.08. The van der Waals surface area contributed by atoms with Crippen molar-refractivity contribution in [2.24, 2.45) is 0 Å². The molecule has 94 valence electrons. The summed E-state index contributed by atoms with van der Waals surface area (Å²) < 4.78 is 27.9. The predicted molar refractivity (Wildman–Crippen MR) is 71.8 cm³/mol. The second-order valence-electron chi connectivity index (χ2n) is 4.33. The zero-order chi connectivity index (χ0) is 12.4. The lowest BCUT2D eigenvalue weighted by Crippen LogP contribution is -2.29. The van der Waals surface area contributed by atoms with E-state index in [1.54, 1.807) is 0 Å². The number of hydrogen-bond donors (Lipinski definition) is 1. The Kier molecular flexibility index (Phi) is 4.32. The Morgan fingerprint density at radius 3 is 2.88 bits per heavy atom. The van der Waals surface area contributed by atoms with Crippen molar-refractivity contribution in [2.75, 3.05) is 20.1 Å². The van der Waals surface area contributed by atoms with Crippen molar-refractivity contribution in [1.82, 2.24) is 10.2 Å². The molecular weight excluding hydrogens is 337 g/mol. The lowest BCUT2D eigenvalue weighted by Gasteiger charge is -2.17. The molecule has 1 aliphatic heterocycles. The Morgan fingerprint density at radius 2 is 2.24 bits per heavy atom. The fourth-order valence-electron chi connectivity index (χ4n) is 2.15. The van der Waals surface area contributed by atoms with E-state index in [4.69, 9.17) is 0 Å². The number of nitrogens with zero attached hydrogens (tertiary/aromatic N) is 1. The molecule has 2 rings (SSSR count). The third-order valence-electron chi connectivity index (χ3n) is 3.20. The highest BCUT2D eigenvalue weighted by molar-refractivity contribution is 14.1. The zero-order valence-corrected chi connectivity index (χ0v) is 11.8. The van der Waals surface area contributed by atoms with Crippen molar-refractivity contribution in [3.05, 3.63) is 32.9 Å². The first-order valence-electron chi connectivity index (χ1n) is 5.64. The molecule has 1 N–H and O–H groups in total. The van der Waals surface area contributed by atoms with Gasteiger partial charge in [0.15, 0.2) is 0 Å². The van der Waals surface area contributed by atoms with Gasteiger partial charge in [0, 0.05) is 34.8 Å². The van der Waals surface area contributed by atoms with E-state index in [0.717, 1.165) is 19.5 Å². The van der Waals surface area contributed by atoms with Crippen LogP contribution in [0.1, 0.15) is 12.0 Å². The summed E-state index contributed by atoms with van der Waals surface area (Å²) in [5.41, 5.74) is 0.189. The third kappa shape index (κ3) is 2.95.